The van der Waals surface area contributed by atoms with Gasteiger partial charge in [-0.05, 0) is 36.8 Å². The highest BCUT2D eigenvalue weighted by Gasteiger charge is 2.08. The lowest BCUT2D eigenvalue weighted by atomic mass is 10.1. The van der Waals surface area contributed by atoms with Crippen molar-refractivity contribution in [3.8, 4) is 0 Å². The van der Waals surface area contributed by atoms with Crippen LogP contribution in [0, 0.1) is 6.92 Å². The standard InChI is InChI=1S/C16H13N3O/c1-11-2-3-12-4-5-14(19-15(12)10-11)16(20)18-13-6-8-17-9-7-13/h2-10H,1H3,(H,17,18,20). The summed E-state index contributed by atoms with van der Waals surface area (Å²) in [6, 6.07) is 13.1. The van der Waals surface area contributed by atoms with Crippen molar-refractivity contribution in [3.05, 3.63) is 66.1 Å². The Balaban J connectivity index is 1.91. The van der Waals surface area contributed by atoms with Crippen molar-refractivity contribution in [3.63, 3.8) is 0 Å². The Morgan fingerprint density at radius 3 is 2.60 bits per heavy atom. The van der Waals surface area contributed by atoms with Crippen LogP contribution in [0.3, 0.4) is 0 Å². The van der Waals surface area contributed by atoms with Crippen LogP contribution in [0.4, 0.5) is 5.69 Å². The molecule has 2 heterocycles. The number of anilines is 1. The maximum Gasteiger partial charge on any atom is 0.274 e. The van der Waals surface area contributed by atoms with E-state index in [0.29, 0.717) is 11.4 Å². The van der Waals surface area contributed by atoms with Crippen LogP contribution in [-0.4, -0.2) is 15.9 Å². The van der Waals surface area contributed by atoms with Gasteiger partial charge >= 0.3 is 0 Å². The van der Waals surface area contributed by atoms with Crippen molar-refractivity contribution >= 4 is 22.5 Å². The maximum atomic E-state index is 12.1. The van der Waals surface area contributed by atoms with Crippen LogP contribution >= 0.6 is 0 Å². The highest BCUT2D eigenvalue weighted by atomic mass is 16.1. The first kappa shape index (κ1) is 12.3. The molecule has 0 fully saturated rings. The molecule has 0 atom stereocenters. The number of fused-ring (bicyclic) bond motifs is 1. The van der Waals surface area contributed by atoms with Crippen molar-refractivity contribution in [2.75, 3.05) is 5.32 Å². The lowest BCUT2D eigenvalue weighted by Gasteiger charge is -2.05. The highest BCUT2D eigenvalue weighted by molar-refractivity contribution is 6.04. The molecule has 0 radical (unpaired) electrons. The smallest absolute Gasteiger partial charge is 0.274 e. The lowest BCUT2D eigenvalue weighted by Crippen LogP contribution is -2.13. The van der Waals surface area contributed by atoms with Crippen LogP contribution in [0.5, 0.6) is 0 Å². The second kappa shape index (κ2) is 5.09. The quantitative estimate of drug-likeness (QED) is 0.772. The highest BCUT2D eigenvalue weighted by Crippen LogP contribution is 2.15. The van der Waals surface area contributed by atoms with E-state index in [9.17, 15) is 4.79 Å². The van der Waals surface area contributed by atoms with Gasteiger partial charge in [0.1, 0.15) is 5.69 Å². The molecule has 0 spiro atoms. The largest absolute Gasteiger partial charge is 0.321 e. The van der Waals surface area contributed by atoms with Gasteiger partial charge in [-0.2, -0.15) is 0 Å². The average molecular weight is 263 g/mol. The van der Waals surface area contributed by atoms with E-state index in [-0.39, 0.29) is 5.91 Å². The van der Waals surface area contributed by atoms with E-state index < -0.39 is 0 Å². The van der Waals surface area contributed by atoms with Gasteiger partial charge in [0.2, 0.25) is 0 Å². The summed E-state index contributed by atoms with van der Waals surface area (Å²) in [6.07, 6.45) is 3.26. The lowest BCUT2D eigenvalue weighted by molar-refractivity contribution is 0.102. The van der Waals surface area contributed by atoms with Crippen LogP contribution in [0.1, 0.15) is 16.1 Å². The first-order chi connectivity index (χ1) is 9.72. The van der Waals surface area contributed by atoms with Crippen LogP contribution in [-0.2, 0) is 0 Å². The van der Waals surface area contributed by atoms with E-state index in [1.807, 2.05) is 31.2 Å². The predicted molar refractivity (Wildman–Crippen MR) is 78.7 cm³/mol. The summed E-state index contributed by atoms with van der Waals surface area (Å²) in [4.78, 5) is 20.5. The molecule has 1 N–H and O–H groups in total. The number of hydrogen-bond acceptors (Lipinski definition) is 3. The third kappa shape index (κ3) is 2.49. The van der Waals surface area contributed by atoms with E-state index in [1.165, 1.54) is 0 Å². The molecule has 0 saturated carbocycles. The fourth-order valence-corrected chi connectivity index (χ4v) is 1.98. The van der Waals surface area contributed by atoms with Crippen LogP contribution in [0.2, 0.25) is 0 Å². The molecule has 98 valence electrons. The topological polar surface area (TPSA) is 54.9 Å². The molecule has 4 heteroatoms. The van der Waals surface area contributed by atoms with E-state index in [2.05, 4.69) is 15.3 Å². The molecular formula is C16H13N3O. The Bertz CT molecular complexity index is 769. The number of carbonyl (C=O) groups excluding carboxylic acids is 1. The van der Waals surface area contributed by atoms with Gasteiger partial charge in [-0.25, -0.2) is 4.98 Å². The molecule has 3 aromatic rings. The van der Waals surface area contributed by atoms with E-state index in [0.717, 1.165) is 16.5 Å². The molecule has 2 aromatic heterocycles. The zero-order valence-electron chi connectivity index (χ0n) is 11.0. The number of aryl methyl sites for hydroxylation is 1. The SMILES string of the molecule is Cc1ccc2ccc(C(=O)Nc3ccncc3)nc2c1. The predicted octanol–water partition coefficient (Wildman–Crippen LogP) is 3.19. The van der Waals surface area contributed by atoms with Crippen molar-refractivity contribution in [1.29, 1.82) is 0 Å². The van der Waals surface area contributed by atoms with Crippen molar-refractivity contribution in [2.24, 2.45) is 0 Å². The van der Waals surface area contributed by atoms with Gasteiger partial charge in [-0.15, -0.1) is 0 Å². The molecule has 0 unspecified atom stereocenters. The third-order valence-electron chi connectivity index (χ3n) is 3.02. The second-order valence-corrected chi connectivity index (χ2v) is 4.58. The van der Waals surface area contributed by atoms with Gasteiger partial charge in [0, 0.05) is 23.5 Å². The van der Waals surface area contributed by atoms with Gasteiger partial charge in [0.25, 0.3) is 5.91 Å². The Labute approximate surface area is 116 Å². The van der Waals surface area contributed by atoms with Gasteiger partial charge in [0.15, 0.2) is 0 Å². The van der Waals surface area contributed by atoms with Crippen LogP contribution < -0.4 is 5.32 Å². The summed E-state index contributed by atoms with van der Waals surface area (Å²) in [6.45, 7) is 2.00. The zero-order valence-corrected chi connectivity index (χ0v) is 11.0. The van der Waals surface area contributed by atoms with Crippen molar-refractivity contribution in [2.45, 2.75) is 6.92 Å². The molecule has 1 amide bonds. The van der Waals surface area contributed by atoms with Crippen molar-refractivity contribution < 1.29 is 4.79 Å². The Hall–Kier alpha value is -2.75. The normalized spacial score (nSPS) is 10.4. The fraction of sp³-hybridized carbons (Fsp3) is 0.0625. The van der Waals surface area contributed by atoms with Gasteiger partial charge in [-0.1, -0.05) is 18.2 Å². The summed E-state index contributed by atoms with van der Waals surface area (Å²) < 4.78 is 0. The van der Waals surface area contributed by atoms with Gasteiger partial charge in [-0.3, -0.25) is 9.78 Å². The number of hydrogen-bond donors (Lipinski definition) is 1. The summed E-state index contributed by atoms with van der Waals surface area (Å²) in [7, 11) is 0. The number of nitrogens with one attached hydrogen (secondary N) is 1. The van der Waals surface area contributed by atoms with E-state index in [4.69, 9.17) is 0 Å². The first-order valence-electron chi connectivity index (χ1n) is 6.31. The average Bonchev–Trinajstić information content (AvgIpc) is 2.47. The summed E-state index contributed by atoms with van der Waals surface area (Å²) in [5, 5.41) is 3.82. The molecule has 0 aliphatic heterocycles. The first-order valence-corrected chi connectivity index (χ1v) is 6.31. The van der Waals surface area contributed by atoms with E-state index in [1.54, 1.807) is 30.6 Å². The Kier molecular flexibility index (Phi) is 3.13. The fourth-order valence-electron chi connectivity index (χ4n) is 1.98. The van der Waals surface area contributed by atoms with Crippen LogP contribution in [0.25, 0.3) is 10.9 Å². The maximum absolute atomic E-state index is 12.1. The minimum Gasteiger partial charge on any atom is -0.321 e. The molecule has 0 aliphatic rings. The molecule has 0 aliphatic carbocycles. The molecule has 0 saturated heterocycles. The molecular weight excluding hydrogens is 250 g/mol. The summed E-state index contributed by atoms with van der Waals surface area (Å²) in [5.74, 6) is -0.223. The second-order valence-electron chi connectivity index (χ2n) is 4.58. The molecule has 0 bridgehead atoms. The molecule has 3 rings (SSSR count). The number of nitrogens with zero attached hydrogens (tertiary/aromatic N) is 2. The minimum atomic E-state index is -0.223. The van der Waals surface area contributed by atoms with Gasteiger partial charge < -0.3 is 5.32 Å². The minimum absolute atomic E-state index is 0.223. The zero-order chi connectivity index (χ0) is 13.9. The van der Waals surface area contributed by atoms with Gasteiger partial charge in [0.05, 0.1) is 5.52 Å². The molecule has 20 heavy (non-hydrogen) atoms. The molecule has 4 nitrogen and oxygen atoms in total. The van der Waals surface area contributed by atoms with Crippen LogP contribution in [0.15, 0.2) is 54.9 Å². The molecule has 1 aromatic carbocycles. The monoisotopic (exact) mass is 263 g/mol. The number of pyridine rings is 2. The number of benzene rings is 1. The Morgan fingerprint density at radius 1 is 1.05 bits per heavy atom. The number of rotatable bonds is 2. The van der Waals surface area contributed by atoms with E-state index >= 15 is 0 Å². The number of carbonyl (C=O) groups is 1. The summed E-state index contributed by atoms with van der Waals surface area (Å²) in [5.41, 5.74) is 3.06. The van der Waals surface area contributed by atoms with Crippen molar-refractivity contribution in [1.82, 2.24) is 9.97 Å². The Morgan fingerprint density at radius 2 is 1.80 bits per heavy atom. The number of aromatic nitrogens is 2. The third-order valence-corrected chi connectivity index (χ3v) is 3.02. The summed E-state index contributed by atoms with van der Waals surface area (Å²) >= 11 is 0. The number of amides is 1.